The van der Waals surface area contributed by atoms with E-state index in [1.54, 1.807) is 12.1 Å². The normalized spacial score (nSPS) is 20.8. The summed E-state index contributed by atoms with van der Waals surface area (Å²) in [7, 11) is 0. The largest absolute Gasteiger partial charge is 0.459 e. The summed E-state index contributed by atoms with van der Waals surface area (Å²) in [5.41, 5.74) is 0.541. The minimum Gasteiger partial charge on any atom is -0.459 e. The van der Waals surface area contributed by atoms with Gasteiger partial charge in [0.25, 0.3) is 5.69 Å². The molecule has 0 radical (unpaired) electrons. The summed E-state index contributed by atoms with van der Waals surface area (Å²) in [6.07, 6.45) is 4.93. The number of nitro groups is 1. The average Bonchev–Trinajstić information content (AvgIpc) is 3.37. The van der Waals surface area contributed by atoms with E-state index in [2.05, 4.69) is 5.32 Å². The van der Waals surface area contributed by atoms with Gasteiger partial charge in [-0.15, -0.1) is 0 Å². The summed E-state index contributed by atoms with van der Waals surface area (Å²) in [5, 5.41) is 14.3. The highest BCUT2D eigenvalue weighted by atomic mass is 16.6. The van der Waals surface area contributed by atoms with Crippen LogP contribution in [0.1, 0.15) is 42.5 Å². The lowest BCUT2D eigenvalue weighted by Crippen LogP contribution is -2.26. The fraction of sp³-hybridized carbons (Fsp3) is 0.562. The van der Waals surface area contributed by atoms with Crippen LogP contribution in [-0.4, -0.2) is 36.3 Å². The first-order valence-electron chi connectivity index (χ1n) is 7.97. The van der Waals surface area contributed by atoms with Gasteiger partial charge in [-0.3, -0.25) is 10.1 Å². The maximum atomic E-state index is 12.1. The van der Waals surface area contributed by atoms with Crippen LogP contribution in [0.2, 0.25) is 0 Å². The highest BCUT2D eigenvalue weighted by Crippen LogP contribution is 2.31. The van der Waals surface area contributed by atoms with E-state index in [-0.39, 0.29) is 24.0 Å². The number of nitrogens with zero attached hydrogens (tertiary/aromatic N) is 1. The second kappa shape index (κ2) is 6.95. The van der Waals surface area contributed by atoms with Crippen LogP contribution in [0.5, 0.6) is 0 Å². The van der Waals surface area contributed by atoms with Crippen molar-refractivity contribution in [3.8, 4) is 0 Å². The second-order valence-corrected chi connectivity index (χ2v) is 5.99. The molecule has 2 fully saturated rings. The lowest BCUT2D eigenvalue weighted by atomic mass is 10.1. The van der Waals surface area contributed by atoms with Gasteiger partial charge in [0, 0.05) is 18.7 Å². The van der Waals surface area contributed by atoms with Crippen molar-refractivity contribution in [3.63, 3.8) is 0 Å². The summed E-state index contributed by atoms with van der Waals surface area (Å²) in [5.74, 6) is -0.555. The van der Waals surface area contributed by atoms with Crippen LogP contribution in [0.3, 0.4) is 0 Å². The number of hydrogen-bond acceptors (Lipinski definition) is 6. The molecule has 1 saturated heterocycles. The van der Waals surface area contributed by atoms with Gasteiger partial charge >= 0.3 is 5.97 Å². The van der Waals surface area contributed by atoms with E-state index in [1.807, 2.05) is 0 Å². The summed E-state index contributed by atoms with van der Waals surface area (Å²) in [6.45, 7) is 0.879. The Morgan fingerprint density at radius 2 is 2.17 bits per heavy atom. The van der Waals surface area contributed by atoms with Gasteiger partial charge in [-0.25, -0.2) is 4.79 Å². The van der Waals surface area contributed by atoms with Crippen LogP contribution >= 0.6 is 0 Å². The Labute approximate surface area is 134 Å². The monoisotopic (exact) mass is 320 g/mol. The van der Waals surface area contributed by atoms with E-state index < -0.39 is 10.9 Å². The molecule has 7 heteroatoms. The molecule has 0 amide bonds. The van der Waals surface area contributed by atoms with Gasteiger partial charge in [-0.1, -0.05) is 0 Å². The quantitative estimate of drug-likeness (QED) is 0.492. The van der Waals surface area contributed by atoms with Gasteiger partial charge in [0.05, 0.1) is 16.6 Å². The smallest absolute Gasteiger partial charge is 0.338 e. The number of nitrogens with one attached hydrogen (secondary N) is 1. The number of rotatable bonds is 6. The summed E-state index contributed by atoms with van der Waals surface area (Å²) in [6, 6.07) is 4.70. The van der Waals surface area contributed by atoms with E-state index in [4.69, 9.17) is 9.47 Å². The van der Waals surface area contributed by atoms with Crippen LogP contribution in [-0.2, 0) is 9.47 Å². The average molecular weight is 320 g/mol. The molecular formula is C16H20N2O5. The molecule has 1 saturated carbocycles. The molecule has 23 heavy (non-hydrogen) atoms. The number of carbonyl (C=O) groups is 1. The van der Waals surface area contributed by atoms with Crippen LogP contribution in [0, 0.1) is 10.1 Å². The Morgan fingerprint density at radius 1 is 1.35 bits per heavy atom. The molecule has 1 aliphatic heterocycles. The van der Waals surface area contributed by atoms with E-state index in [9.17, 15) is 14.9 Å². The minimum atomic E-state index is -0.555. The van der Waals surface area contributed by atoms with Gasteiger partial charge < -0.3 is 14.8 Å². The third kappa shape index (κ3) is 4.19. The van der Waals surface area contributed by atoms with Gasteiger partial charge in [0.15, 0.2) is 0 Å². The molecule has 0 aromatic heterocycles. The Hall–Kier alpha value is -2.15. The minimum absolute atomic E-state index is 0.0708. The maximum Gasteiger partial charge on any atom is 0.338 e. The fourth-order valence-corrected chi connectivity index (χ4v) is 2.57. The lowest BCUT2D eigenvalue weighted by Gasteiger charge is -2.22. The van der Waals surface area contributed by atoms with E-state index >= 15 is 0 Å². The molecule has 1 aliphatic carbocycles. The van der Waals surface area contributed by atoms with Crippen LogP contribution in [0.25, 0.3) is 0 Å². The first kappa shape index (κ1) is 15.7. The van der Waals surface area contributed by atoms with Crippen LogP contribution < -0.4 is 5.32 Å². The van der Waals surface area contributed by atoms with Gasteiger partial charge in [-0.05, 0) is 44.2 Å². The maximum absolute atomic E-state index is 12.1. The van der Waals surface area contributed by atoms with Gasteiger partial charge in [0.2, 0.25) is 0 Å². The topological polar surface area (TPSA) is 90.7 Å². The molecule has 0 spiro atoms. The lowest BCUT2D eigenvalue weighted by molar-refractivity contribution is -0.384. The fourth-order valence-electron chi connectivity index (χ4n) is 2.57. The number of esters is 1. The molecule has 1 unspecified atom stereocenters. The third-order valence-electron chi connectivity index (χ3n) is 4.04. The predicted molar refractivity (Wildman–Crippen MR) is 83.6 cm³/mol. The molecule has 1 N–H and O–H groups in total. The molecule has 1 atom stereocenters. The highest BCUT2D eigenvalue weighted by molar-refractivity contribution is 5.91. The second-order valence-electron chi connectivity index (χ2n) is 5.99. The molecular weight excluding hydrogens is 300 g/mol. The first-order chi connectivity index (χ1) is 11.1. The number of nitro benzene ring substituents is 1. The molecule has 7 nitrogen and oxygen atoms in total. The number of benzene rings is 1. The number of ether oxygens (including phenoxy) is 2. The Morgan fingerprint density at radius 3 is 2.83 bits per heavy atom. The summed E-state index contributed by atoms with van der Waals surface area (Å²) in [4.78, 5) is 22.8. The molecule has 124 valence electrons. The molecule has 1 aromatic carbocycles. The number of hydrogen-bond donors (Lipinski definition) is 1. The van der Waals surface area contributed by atoms with Crippen molar-refractivity contribution in [2.75, 3.05) is 18.5 Å². The van der Waals surface area contributed by atoms with Crippen molar-refractivity contribution in [3.05, 3.63) is 33.9 Å². The Balaban J connectivity index is 1.64. The van der Waals surface area contributed by atoms with Crippen molar-refractivity contribution < 1.29 is 19.2 Å². The van der Waals surface area contributed by atoms with E-state index in [1.165, 1.54) is 6.07 Å². The zero-order valence-corrected chi connectivity index (χ0v) is 12.8. The van der Waals surface area contributed by atoms with Crippen molar-refractivity contribution >= 4 is 17.3 Å². The molecule has 1 aromatic rings. The number of anilines is 1. The third-order valence-corrected chi connectivity index (χ3v) is 4.04. The van der Waals surface area contributed by atoms with Crippen LogP contribution in [0.15, 0.2) is 18.2 Å². The van der Waals surface area contributed by atoms with Crippen molar-refractivity contribution in [2.24, 2.45) is 0 Å². The molecule has 2 aliphatic rings. The Bertz CT molecular complexity index is 594. The van der Waals surface area contributed by atoms with Crippen molar-refractivity contribution in [1.29, 1.82) is 0 Å². The zero-order valence-electron chi connectivity index (χ0n) is 12.8. The van der Waals surface area contributed by atoms with E-state index in [0.717, 1.165) is 32.1 Å². The van der Waals surface area contributed by atoms with E-state index in [0.29, 0.717) is 18.3 Å². The van der Waals surface area contributed by atoms with Crippen molar-refractivity contribution in [1.82, 2.24) is 0 Å². The molecule has 1 heterocycles. The Kier molecular flexibility index (Phi) is 4.76. The molecule has 0 bridgehead atoms. The highest BCUT2D eigenvalue weighted by Gasteiger charge is 2.26. The van der Waals surface area contributed by atoms with Crippen molar-refractivity contribution in [2.45, 2.75) is 44.2 Å². The summed E-state index contributed by atoms with van der Waals surface area (Å²) >= 11 is 0. The number of carbonyl (C=O) groups excluding carboxylic acids is 1. The van der Waals surface area contributed by atoms with Crippen LogP contribution in [0.4, 0.5) is 11.4 Å². The molecule has 3 rings (SSSR count). The van der Waals surface area contributed by atoms with Gasteiger partial charge in [-0.2, -0.15) is 0 Å². The van der Waals surface area contributed by atoms with Gasteiger partial charge in [0.1, 0.15) is 12.3 Å². The standard InChI is InChI=1S/C16H20N2O5/c19-16(23-10-13-3-1-2-8-22-13)11-4-7-14(17-12-5-6-12)15(9-11)18(20)21/h4,7,9,12-13,17H,1-3,5-6,8,10H2. The zero-order chi connectivity index (χ0) is 16.2. The predicted octanol–water partition coefficient (Wildman–Crippen LogP) is 2.90. The SMILES string of the molecule is O=C(OCC1CCCCO1)c1ccc(NC2CC2)c([N+](=O)[O-])c1. The summed E-state index contributed by atoms with van der Waals surface area (Å²) < 4.78 is 10.7. The first-order valence-corrected chi connectivity index (χ1v) is 7.97.